The first-order chi connectivity index (χ1) is 13.6. The Hall–Kier alpha value is -2.41. The van der Waals surface area contributed by atoms with Crippen LogP contribution in [-0.4, -0.2) is 27.6 Å². The van der Waals surface area contributed by atoms with E-state index in [1.165, 1.54) is 21.8 Å². The molecule has 0 radical (unpaired) electrons. The molecular formula is C22H21N3OS2. The first-order valence-corrected chi connectivity index (χ1v) is 11.1. The predicted octanol–water partition coefficient (Wildman–Crippen LogP) is 4.78. The van der Waals surface area contributed by atoms with Crippen LogP contribution < -0.4 is 5.56 Å². The van der Waals surface area contributed by atoms with Crippen molar-refractivity contribution in [1.29, 1.82) is 0 Å². The zero-order valence-electron chi connectivity index (χ0n) is 15.8. The molecular weight excluding hydrogens is 386 g/mol. The number of fused-ring (bicyclic) bond motifs is 1. The number of thioether (sulfide) groups is 1. The number of hydrogen-bond donors (Lipinski definition) is 0. The zero-order chi connectivity index (χ0) is 19.5. The van der Waals surface area contributed by atoms with E-state index in [4.69, 9.17) is 4.98 Å². The molecule has 0 atom stereocenters. The summed E-state index contributed by atoms with van der Waals surface area (Å²) in [7, 11) is 2.05. The SMILES string of the molecule is CSc1ccc(CN(C)Cc2cc(=O)n3c(-c4ccccc4)csc3n2)cc1. The van der Waals surface area contributed by atoms with E-state index in [1.807, 2.05) is 35.7 Å². The maximum Gasteiger partial charge on any atom is 0.259 e. The summed E-state index contributed by atoms with van der Waals surface area (Å²) < 4.78 is 1.70. The van der Waals surface area contributed by atoms with Gasteiger partial charge in [0.2, 0.25) is 0 Å². The van der Waals surface area contributed by atoms with Crippen LogP contribution in [0, 0.1) is 0 Å². The Morgan fingerprint density at radius 1 is 1.07 bits per heavy atom. The molecule has 28 heavy (non-hydrogen) atoms. The largest absolute Gasteiger partial charge is 0.296 e. The Morgan fingerprint density at radius 2 is 1.82 bits per heavy atom. The predicted molar refractivity (Wildman–Crippen MR) is 118 cm³/mol. The summed E-state index contributed by atoms with van der Waals surface area (Å²) in [6.07, 6.45) is 2.08. The Morgan fingerprint density at radius 3 is 2.54 bits per heavy atom. The van der Waals surface area contributed by atoms with Crippen molar-refractivity contribution in [3.8, 4) is 11.3 Å². The van der Waals surface area contributed by atoms with Crippen LogP contribution in [0.4, 0.5) is 0 Å². The van der Waals surface area contributed by atoms with Crippen LogP contribution in [-0.2, 0) is 13.1 Å². The maximum absolute atomic E-state index is 12.8. The Bertz CT molecular complexity index is 1130. The lowest BCUT2D eigenvalue weighted by molar-refractivity contribution is 0.315. The molecule has 0 N–H and O–H groups in total. The summed E-state index contributed by atoms with van der Waals surface area (Å²) in [6, 6.07) is 20.2. The Balaban J connectivity index is 1.55. The van der Waals surface area contributed by atoms with Crippen molar-refractivity contribution in [1.82, 2.24) is 14.3 Å². The molecule has 0 unspecified atom stereocenters. The minimum Gasteiger partial charge on any atom is -0.296 e. The first kappa shape index (κ1) is 18.9. The van der Waals surface area contributed by atoms with E-state index in [0.717, 1.165) is 28.5 Å². The van der Waals surface area contributed by atoms with E-state index >= 15 is 0 Å². The zero-order valence-corrected chi connectivity index (χ0v) is 17.5. The maximum atomic E-state index is 12.8. The monoisotopic (exact) mass is 407 g/mol. The van der Waals surface area contributed by atoms with E-state index < -0.39 is 0 Å². The van der Waals surface area contributed by atoms with Gasteiger partial charge in [0, 0.05) is 29.4 Å². The lowest BCUT2D eigenvalue weighted by Crippen LogP contribution is -2.21. The molecule has 0 aliphatic carbocycles. The Kier molecular flexibility index (Phi) is 5.62. The van der Waals surface area contributed by atoms with Gasteiger partial charge in [-0.05, 0) is 36.6 Å². The topological polar surface area (TPSA) is 37.6 Å². The third kappa shape index (κ3) is 4.04. The van der Waals surface area contributed by atoms with Gasteiger partial charge < -0.3 is 0 Å². The number of aromatic nitrogens is 2. The van der Waals surface area contributed by atoms with Crippen molar-refractivity contribution in [2.45, 2.75) is 18.0 Å². The molecule has 0 saturated heterocycles. The lowest BCUT2D eigenvalue weighted by atomic mass is 10.2. The smallest absolute Gasteiger partial charge is 0.259 e. The molecule has 0 spiro atoms. The summed E-state index contributed by atoms with van der Waals surface area (Å²) in [5.74, 6) is 0. The van der Waals surface area contributed by atoms with Crippen molar-refractivity contribution >= 4 is 28.1 Å². The molecule has 4 aromatic rings. The fourth-order valence-corrected chi connectivity index (χ4v) is 4.56. The molecule has 4 nitrogen and oxygen atoms in total. The molecule has 2 heterocycles. The van der Waals surface area contributed by atoms with E-state index in [-0.39, 0.29) is 5.56 Å². The molecule has 2 aromatic heterocycles. The van der Waals surface area contributed by atoms with Crippen LogP contribution in [0.2, 0.25) is 0 Å². The van der Waals surface area contributed by atoms with Crippen LogP contribution in [0.3, 0.4) is 0 Å². The van der Waals surface area contributed by atoms with Crippen molar-refractivity contribution in [3.63, 3.8) is 0 Å². The van der Waals surface area contributed by atoms with Crippen LogP contribution in [0.15, 0.2) is 75.7 Å². The fourth-order valence-electron chi connectivity index (χ4n) is 3.23. The van der Waals surface area contributed by atoms with Crippen LogP contribution >= 0.6 is 23.1 Å². The molecule has 2 aromatic carbocycles. The molecule has 0 aliphatic heterocycles. The normalized spacial score (nSPS) is 11.4. The van der Waals surface area contributed by atoms with Gasteiger partial charge in [-0.3, -0.25) is 14.1 Å². The summed E-state index contributed by atoms with van der Waals surface area (Å²) in [5, 5.41) is 2.00. The average Bonchev–Trinajstić information content (AvgIpc) is 3.14. The van der Waals surface area contributed by atoms with Crippen molar-refractivity contribution < 1.29 is 0 Å². The van der Waals surface area contributed by atoms with Crippen molar-refractivity contribution in [2.75, 3.05) is 13.3 Å². The molecule has 0 saturated carbocycles. The minimum atomic E-state index is -0.0298. The highest BCUT2D eigenvalue weighted by atomic mass is 32.2. The molecule has 4 rings (SSSR count). The second kappa shape index (κ2) is 8.31. The molecule has 0 bridgehead atoms. The summed E-state index contributed by atoms with van der Waals surface area (Å²) in [6.45, 7) is 1.45. The van der Waals surface area contributed by atoms with Crippen LogP contribution in [0.5, 0.6) is 0 Å². The van der Waals surface area contributed by atoms with E-state index in [9.17, 15) is 4.79 Å². The summed E-state index contributed by atoms with van der Waals surface area (Å²) >= 11 is 3.25. The molecule has 6 heteroatoms. The number of hydrogen-bond acceptors (Lipinski definition) is 5. The quantitative estimate of drug-likeness (QED) is 0.431. The summed E-state index contributed by atoms with van der Waals surface area (Å²) in [4.78, 5) is 21.7. The lowest BCUT2D eigenvalue weighted by Gasteiger charge is -2.16. The van der Waals surface area contributed by atoms with Gasteiger partial charge in [-0.1, -0.05) is 42.5 Å². The first-order valence-electron chi connectivity index (χ1n) is 9.01. The molecule has 0 aliphatic rings. The van der Waals surface area contributed by atoms with Crippen molar-refractivity contribution in [3.05, 3.63) is 87.7 Å². The van der Waals surface area contributed by atoms with E-state index in [2.05, 4.69) is 42.5 Å². The number of rotatable bonds is 6. The minimum absolute atomic E-state index is 0.0298. The highest BCUT2D eigenvalue weighted by molar-refractivity contribution is 7.98. The van der Waals surface area contributed by atoms with Gasteiger partial charge in [-0.15, -0.1) is 23.1 Å². The van der Waals surface area contributed by atoms with Crippen LogP contribution in [0.1, 0.15) is 11.3 Å². The molecule has 142 valence electrons. The third-order valence-electron chi connectivity index (χ3n) is 4.57. The molecule has 0 amide bonds. The van der Waals surface area contributed by atoms with Gasteiger partial charge in [0.15, 0.2) is 4.96 Å². The highest BCUT2D eigenvalue weighted by Gasteiger charge is 2.12. The third-order valence-corrected chi connectivity index (χ3v) is 6.14. The fraction of sp³-hybridized carbons (Fsp3) is 0.182. The average molecular weight is 408 g/mol. The highest BCUT2D eigenvalue weighted by Crippen LogP contribution is 2.24. The van der Waals surface area contributed by atoms with Crippen molar-refractivity contribution in [2.24, 2.45) is 0 Å². The summed E-state index contributed by atoms with van der Waals surface area (Å²) in [5.41, 5.74) is 3.94. The van der Waals surface area contributed by atoms with Gasteiger partial charge in [0.25, 0.3) is 5.56 Å². The van der Waals surface area contributed by atoms with Gasteiger partial charge >= 0.3 is 0 Å². The second-order valence-corrected chi connectivity index (χ2v) is 8.43. The number of nitrogens with zero attached hydrogens (tertiary/aromatic N) is 3. The van der Waals surface area contributed by atoms with Gasteiger partial charge in [-0.2, -0.15) is 0 Å². The van der Waals surface area contributed by atoms with Gasteiger partial charge in [-0.25, -0.2) is 4.98 Å². The number of benzene rings is 2. The van der Waals surface area contributed by atoms with Gasteiger partial charge in [0.05, 0.1) is 11.4 Å². The number of thiazole rings is 1. The van der Waals surface area contributed by atoms with Crippen LogP contribution in [0.25, 0.3) is 16.2 Å². The Labute approximate surface area is 172 Å². The van der Waals surface area contributed by atoms with E-state index in [0.29, 0.717) is 6.54 Å². The second-order valence-electron chi connectivity index (χ2n) is 6.71. The molecule has 0 fully saturated rings. The van der Waals surface area contributed by atoms with E-state index in [1.54, 1.807) is 22.2 Å². The van der Waals surface area contributed by atoms with Gasteiger partial charge in [0.1, 0.15) is 0 Å². The standard InChI is InChI=1S/C22H21N3OS2/c1-24(13-16-8-10-19(27-2)11-9-16)14-18-12-21(26)25-20(15-28-22(25)23-18)17-6-4-3-5-7-17/h3-12,15H,13-14H2,1-2H3.